The molecule has 1 fully saturated rings. The molecule has 2 amide bonds. The number of aromatic nitrogens is 4. The second-order valence-corrected chi connectivity index (χ2v) is 11.6. The summed E-state index contributed by atoms with van der Waals surface area (Å²) in [4.78, 5) is 49.0. The van der Waals surface area contributed by atoms with Gasteiger partial charge in [0.1, 0.15) is 0 Å². The van der Waals surface area contributed by atoms with E-state index in [2.05, 4.69) is 41.3 Å². The van der Waals surface area contributed by atoms with Crippen LogP contribution >= 0.6 is 0 Å². The smallest absolute Gasteiger partial charge is 0.261 e. The monoisotopic (exact) mass is 570 g/mol. The van der Waals surface area contributed by atoms with E-state index in [0.29, 0.717) is 61.4 Å². The molecule has 1 atom stereocenters. The third-order valence-electron chi connectivity index (χ3n) is 8.20. The van der Waals surface area contributed by atoms with Crippen molar-refractivity contribution in [2.75, 3.05) is 18.4 Å². The number of fused-ring (bicyclic) bond motifs is 1. The molecule has 0 unspecified atom stereocenters. The van der Waals surface area contributed by atoms with E-state index < -0.39 is 5.60 Å². The van der Waals surface area contributed by atoms with Crippen LogP contribution in [-0.2, 0) is 22.7 Å². The van der Waals surface area contributed by atoms with Crippen LogP contribution in [0.3, 0.4) is 0 Å². The lowest BCUT2D eigenvalue weighted by atomic mass is 9.84. The minimum Gasteiger partial charge on any atom is -0.388 e. The van der Waals surface area contributed by atoms with Gasteiger partial charge < -0.3 is 19.9 Å². The van der Waals surface area contributed by atoms with Crippen LogP contribution in [0.2, 0.25) is 0 Å². The fourth-order valence-corrected chi connectivity index (χ4v) is 5.63. The molecule has 2 aromatic heterocycles. The fourth-order valence-electron chi connectivity index (χ4n) is 5.63. The predicted molar refractivity (Wildman–Crippen MR) is 161 cm³/mol. The number of imidazole rings is 1. The molecule has 42 heavy (non-hydrogen) atoms. The van der Waals surface area contributed by atoms with Crippen molar-refractivity contribution in [2.24, 2.45) is 5.92 Å². The number of carbonyl (C=O) groups is 2. The quantitative estimate of drug-likeness (QED) is 0.299. The van der Waals surface area contributed by atoms with E-state index in [1.165, 1.54) is 10.9 Å². The maximum absolute atomic E-state index is 13.3. The van der Waals surface area contributed by atoms with Gasteiger partial charge in [0.2, 0.25) is 11.8 Å². The minimum atomic E-state index is -1.12. The van der Waals surface area contributed by atoms with Gasteiger partial charge in [0.15, 0.2) is 0 Å². The van der Waals surface area contributed by atoms with E-state index in [1.54, 1.807) is 36.9 Å². The van der Waals surface area contributed by atoms with Crippen LogP contribution in [0.4, 0.5) is 5.69 Å². The number of nitrogens with zero attached hydrogens (tertiary/aromatic N) is 5. The standard InChI is InChI=1S/C32H38N6O4/c1-23(2)27(24-6-4-3-5-7-24)19-30(40)37-15-11-32(42,12-16-37)20-38-22-34-28-18-25(8-9-26(28)31(38)41)35-29(39)10-14-36-17-13-33-21-36/h3-9,13,17-18,21-23,27,42H,10-12,14-16,19-20H2,1-2H3,(H,35,39)/t27-/m0/s1. The van der Waals surface area contributed by atoms with Crippen LogP contribution in [-0.4, -0.2) is 59.6 Å². The summed E-state index contributed by atoms with van der Waals surface area (Å²) >= 11 is 0. The Balaban J connectivity index is 1.18. The number of likely N-dealkylation sites (tertiary alicyclic amines) is 1. The van der Waals surface area contributed by atoms with E-state index in [0.717, 1.165) is 5.56 Å². The number of aryl methyl sites for hydroxylation is 1. The SMILES string of the molecule is CC(C)[C@H](CC(=O)N1CCC(O)(Cn2cnc3cc(NC(=O)CCn4ccnc4)ccc3c2=O)CC1)c1ccccc1. The van der Waals surface area contributed by atoms with Crippen LogP contribution in [0.15, 0.2) is 78.4 Å². The molecule has 0 saturated carbocycles. The molecule has 2 aromatic carbocycles. The van der Waals surface area contributed by atoms with E-state index >= 15 is 0 Å². The van der Waals surface area contributed by atoms with Gasteiger partial charge in [-0.25, -0.2) is 9.97 Å². The zero-order valence-electron chi connectivity index (χ0n) is 24.1. The Morgan fingerprint density at radius 3 is 2.52 bits per heavy atom. The number of anilines is 1. The summed E-state index contributed by atoms with van der Waals surface area (Å²) in [6.07, 6.45) is 8.04. The second-order valence-electron chi connectivity index (χ2n) is 11.6. The molecule has 5 rings (SSSR count). The van der Waals surface area contributed by atoms with Gasteiger partial charge in [-0.15, -0.1) is 0 Å². The van der Waals surface area contributed by atoms with Crippen LogP contribution < -0.4 is 10.9 Å². The molecule has 10 heteroatoms. The topological polar surface area (TPSA) is 122 Å². The molecule has 2 N–H and O–H groups in total. The maximum Gasteiger partial charge on any atom is 0.261 e. The number of aliphatic hydroxyl groups is 1. The summed E-state index contributed by atoms with van der Waals surface area (Å²) in [6.45, 7) is 5.77. The molecule has 4 aromatic rings. The normalized spacial score (nSPS) is 15.6. The highest BCUT2D eigenvalue weighted by atomic mass is 16.3. The number of piperidine rings is 1. The highest BCUT2D eigenvalue weighted by Crippen LogP contribution is 2.30. The molecular weight excluding hydrogens is 532 g/mol. The zero-order valence-corrected chi connectivity index (χ0v) is 24.1. The third-order valence-corrected chi connectivity index (χ3v) is 8.20. The van der Waals surface area contributed by atoms with Gasteiger partial charge >= 0.3 is 0 Å². The van der Waals surface area contributed by atoms with Crippen LogP contribution in [0.5, 0.6) is 0 Å². The van der Waals surface area contributed by atoms with E-state index in [-0.39, 0.29) is 36.3 Å². The first-order valence-electron chi connectivity index (χ1n) is 14.5. The Labute approximate surface area is 245 Å². The summed E-state index contributed by atoms with van der Waals surface area (Å²) in [5.74, 6) is 0.403. The first kappa shape index (κ1) is 29.2. The van der Waals surface area contributed by atoms with Gasteiger partial charge in [0.05, 0.1) is 35.7 Å². The van der Waals surface area contributed by atoms with Crippen molar-refractivity contribution in [2.45, 2.75) is 64.1 Å². The van der Waals surface area contributed by atoms with Crippen molar-refractivity contribution in [3.8, 4) is 0 Å². The summed E-state index contributed by atoms with van der Waals surface area (Å²) in [7, 11) is 0. The van der Waals surface area contributed by atoms with E-state index in [9.17, 15) is 19.5 Å². The number of hydrogen-bond donors (Lipinski definition) is 2. The second kappa shape index (κ2) is 12.7. The molecular formula is C32H38N6O4. The van der Waals surface area contributed by atoms with Gasteiger partial charge in [-0.2, -0.15) is 0 Å². The summed E-state index contributed by atoms with van der Waals surface area (Å²) in [6, 6.07) is 15.1. The lowest BCUT2D eigenvalue weighted by molar-refractivity contribution is -0.136. The molecule has 0 bridgehead atoms. The molecule has 1 aliphatic rings. The van der Waals surface area contributed by atoms with Crippen LogP contribution in [0, 0.1) is 5.92 Å². The largest absolute Gasteiger partial charge is 0.388 e. The van der Waals surface area contributed by atoms with Crippen molar-refractivity contribution in [1.29, 1.82) is 0 Å². The van der Waals surface area contributed by atoms with Gasteiger partial charge in [-0.05, 0) is 48.4 Å². The molecule has 0 spiro atoms. The van der Waals surface area contributed by atoms with Crippen molar-refractivity contribution in [3.63, 3.8) is 0 Å². The lowest BCUT2D eigenvalue weighted by Crippen LogP contribution is -2.50. The fraction of sp³-hybridized carbons (Fsp3) is 0.406. The number of hydrogen-bond acceptors (Lipinski definition) is 6. The Kier molecular flexibility index (Phi) is 8.82. The molecule has 0 aliphatic carbocycles. The summed E-state index contributed by atoms with van der Waals surface area (Å²) in [5.41, 5.74) is 0.820. The van der Waals surface area contributed by atoms with E-state index in [4.69, 9.17) is 0 Å². The number of carbonyl (C=O) groups excluding carboxylic acids is 2. The molecule has 1 aliphatic heterocycles. The minimum absolute atomic E-state index is 0.0914. The molecule has 220 valence electrons. The van der Waals surface area contributed by atoms with Crippen LogP contribution in [0.25, 0.3) is 10.9 Å². The van der Waals surface area contributed by atoms with Crippen molar-refractivity contribution in [1.82, 2.24) is 24.0 Å². The Hall–Kier alpha value is -4.31. The maximum atomic E-state index is 13.3. The van der Waals surface area contributed by atoms with Crippen LogP contribution in [0.1, 0.15) is 51.0 Å². The number of rotatable bonds is 10. The van der Waals surface area contributed by atoms with Gasteiger partial charge in [0.25, 0.3) is 5.56 Å². The first-order valence-corrected chi connectivity index (χ1v) is 14.5. The zero-order chi connectivity index (χ0) is 29.7. The molecule has 1 saturated heterocycles. The summed E-state index contributed by atoms with van der Waals surface area (Å²) in [5, 5.41) is 14.6. The third kappa shape index (κ3) is 6.94. The van der Waals surface area contributed by atoms with Gasteiger partial charge in [-0.3, -0.25) is 19.0 Å². The number of benzene rings is 2. The highest BCUT2D eigenvalue weighted by Gasteiger charge is 2.35. The average Bonchev–Trinajstić information content (AvgIpc) is 3.51. The Morgan fingerprint density at radius 2 is 1.83 bits per heavy atom. The van der Waals surface area contributed by atoms with Gasteiger partial charge in [-0.1, -0.05) is 44.2 Å². The lowest BCUT2D eigenvalue weighted by Gasteiger charge is -2.39. The highest BCUT2D eigenvalue weighted by molar-refractivity contribution is 5.93. The summed E-state index contributed by atoms with van der Waals surface area (Å²) < 4.78 is 3.27. The first-order chi connectivity index (χ1) is 20.2. The average molecular weight is 571 g/mol. The molecule has 3 heterocycles. The van der Waals surface area contributed by atoms with Crippen molar-refractivity contribution in [3.05, 3.63) is 89.5 Å². The Morgan fingerprint density at radius 1 is 1.07 bits per heavy atom. The molecule has 10 nitrogen and oxygen atoms in total. The Bertz CT molecular complexity index is 1570. The van der Waals surface area contributed by atoms with Crippen molar-refractivity contribution >= 4 is 28.4 Å². The predicted octanol–water partition coefficient (Wildman–Crippen LogP) is 3.81. The number of nitrogens with one attached hydrogen (secondary N) is 1. The number of amides is 2. The van der Waals surface area contributed by atoms with E-state index in [1.807, 2.05) is 27.7 Å². The van der Waals surface area contributed by atoms with Crippen molar-refractivity contribution < 1.29 is 14.7 Å². The van der Waals surface area contributed by atoms with Gasteiger partial charge in [0, 0.05) is 50.6 Å². The molecule has 0 radical (unpaired) electrons.